The third kappa shape index (κ3) is 5.28. The Morgan fingerprint density at radius 2 is 1.52 bits per heavy atom. The number of likely N-dealkylation sites (tertiary alicyclic amines) is 2. The standard InChI is InChI=1S/C19H33F3N4O/c1-18(2,3)26-9-6-14(12-26)23-17(27)24-15-10-16(11-15)25-7-4-13(5-8-25)19(20,21)22/h13-16H,4-12H2,1-3H3,(H2,23,24,27). The number of rotatable bonds is 3. The number of hydrogen-bond donors (Lipinski definition) is 2. The molecule has 3 aliphatic rings. The normalized spacial score (nSPS) is 31.6. The van der Waals surface area contributed by atoms with E-state index < -0.39 is 12.1 Å². The Labute approximate surface area is 160 Å². The van der Waals surface area contributed by atoms with Crippen LogP contribution in [0.25, 0.3) is 0 Å². The van der Waals surface area contributed by atoms with Gasteiger partial charge in [-0.2, -0.15) is 13.2 Å². The molecule has 0 bridgehead atoms. The summed E-state index contributed by atoms with van der Waals surface area (Å²) < 4.78 is 38.3. The molecule has 0 spiro atoms. The number of halogens is 3. The fourth-order valence-electron chi connectivity index (χ4n) is 4.50. The van der Waals surface area contributed by atoms with Crippen molar-refractivity contribution in [3.05, 3.63) is 0 Å². The van der Waals surface area contributed by atoms with E-state index in [1.165, 1.54) is 0 Å². The molecule has 3 fully saturated rings. The van der Waals surface area contributed by atoms with E-state index in [9.17, 15) is 18.0 Å². The summed E-state index contributed by atoms with van der Waals surface area (Å²) in [4.78, 5) is 16.8. The van der Waals surface area contributed by atoms with E-state index in [2.05, 4.69) is 41.2 Å². The number of hydrogen-bond acceptors (Lipinski definition) is 3. The Bertz CT molecular complexity index is 520. The van der Waals surface area contributed by atoms with Gasteiger partial charge in [-0.3, -0.25) is 4.90 Å². The SMILES string of the molecule is CC(C)(C)N1CCC(NC(=O)NC2CC(N3CCC(C(F)(F)F)CC3)C2)C1. The first kappa shape index (κ1) is 20.7. The Kier molecular flexibility index (Phi) is 5.96. The van der Waals surface area contributed by atoms with E-state index in [-0.39, 0.29) is 36.5 Å². The second-order valence-electron chi connectivity index (χ2n) is 9.39. The lowest BCUT2D eigenvalue weighted by Gasteiger charge is -2.46. The highest BCUT2D eigenvalue weighted by Gasteiger charge is 2.43. The number of amides is 2. The summed E-state index contributed by atoms with van der Waals surface area (Å²) in [6.45, 7) is 9.44. The maximum Gasteiger partial charge on any atom is 0.391 e. The van der Waals surface area contributed by atoms with E-state index in [1.807, 2.05) is 0 Å². The van der Waals surface area contributed by atoms with Crippen molar-refractivity contribution < 1.29 is 18.0 Å². The van der Waals surface area contributed by atoms with Crippen LogP contribution in [0.1, 0.15) is 52.9 Å². The van der Waals surface area contributed by atoms with Crippen molar-refractivity contribution in [2.45, 2.75) is 82.7 Å². The van der Waals surface area contributed by atoms with E-state index in [1.54, 1.807) is 0 Å². The van der Waals surface area contributed by atoms with Crippen molar-refractivity contribution in [1.82, 2.24) is 20.4 Å². The molecule has 3 rings (SSSR count). The van der Waals surface area contributed by atoms with E-state index >= 15 is 0 Å². The van der Waals surface area contributed by atoms with Crippen LogP contribution in [-0.2, 0) is 0 Å². The van der Waals surface area contributed by atoms with Crippen LogP contribution in [0.5, 0.6) is 0 Å². The van der Waals surface area contributed by atoms with Gasteiger partial charge in [0.15, 0.2) is 0 Å². The van der Waals surface area contributed by atoms with Gasteiger partial charge < -0.3 is 15.5 Å². The summed E-state index contributed by atoms with van der Waals surface area (Å²) in [6.07, 6.45) is -1.02. The van der Waals surface area contributed by atoms with Crippen LogP contribution >= 0.6 is 0 Å². The Morgan fingerprint density at radius 3 is 2.04 bits per heavy atom. The third-order valence-electron chi connectivity index (χ3n) is 6.43. The van der Waals surface area contributed by atoms with Gasteiger partial charge in [0.25, 0.3) is 0 Å². The third-order valence-corrected chi connectivity index (χ3v) is 6.43. The fourth-order valence-corrected chi connectivity index (χ4v) is 4.50. The zero-order chi connectivity index (χ0) is 19.8. The molecule has 2 aliphatic heterocycles. The van der Waals surface area contributed by atoms with Crippen LogP contribution in [0, 0.1) is 5.92 Å². The average molecular weight is 390 g/mol. The van der Waals surface area contributed by atoms with Gasteiger partial charge in [-0.15, -0.1) is 0 Å². The summed E-state index contributed by atoms with van der Waals surface area (Å²) >= 11 is 0. The van der Waals surface area contributed by atoms with Crippen LogP contribution < -0.4 is 10.6 Å². The van der Waals surface area contributed by atoms with Crippen LogP contribution in [-0.4, -0.2) is 71.9 Å². The van der Waals surface area contributed by atoms with Gasteiger partial charge >= 0.3 is 12.2 Å². The molecule has 5 nitrogen and oxygen atoms in total. The van der Waals surface area contributed by atoms with Gasteiger partial charge in [0.2, 0.25) is 0 Å². The van der Waals surface area contributed by atoms with Crippen molar-refractivity contribution in [1.29, 1.82) is 0 Å². The smallest absolute Gasteiger partial charge is 0.335 e. The van der Waals surface area contributed by atoms with Gasteiger partial charge in [-0.05, 0) is 66.0 Å². The van der Waals surface area contributed by atoms with Crippen molar-refractivity contribution in [2.24, 2.45) is 5.92 Å². The minimum atomic E-state index is -4.06. The Morgan fingerprint density at radius 1 is 0.926 bits per heavy atom. The van der Waals surface area contributed by atoms with E-state index in [0.717, 1.165) is 32.4 Å². The van der Waals surface area contributed by atoms with Crippen molar-refractivity contribution >= 4 is 6.03 Å². The zero-order valence-electron chi connectivity index (χ0n) is 16.6. The minimum Gasteiger partial charge on any atom is -0.335 e. The first-order valence-corrected chi connectivity index (χ1v) is 10.1. The lowest BCUT2D eigenvalue weighted by atomic mass is 9.83. The molecule has 156 valence electrons. The minimum absolute atomic E-state index is 0.116. The molecule has 1 unspecified atom stereocenters. The number of alkyl halides is 3. The first-order chi connectivity index (χ1) is 12.5. The number of carbonyl (C=O) groups excluding carboxylic acids is 1. The second kappa shape index (κ2) is 7.78. The average Bonchev–Trinajstić information content (AvgIpc) is 2.98. The largest absolute Gasteiger partial charge is 0.391 e. The van der Waals surface area contributed by atoms with Crippen LogP contribution in [0.2, 0.25) is 0 Å². The van der Waals surface area contributed by atoms with Crippen molar-refractivity contribution in [3.63, 3.8) is 0 Å². The highest BCUT2D eigenvalue weighted by atomic mass is 19.4. The molecule has 0 aromatic rings. The lowest BCUT2D eigenvalue weighted by molar-refractivity contribution is -0.187. The Hall–Kier alpha value is -1.02. The molecule has 1 atom stereocenters. The summed E-state index contributed by atoms with van der Waals surface area (Å²) in [7, 11) is 0. The predicted octanol–water partition coefficient (Wildman–Crippen LogP) is 2.96. The molecule has 2 heterocycles. The molecule has 0 radical (unpaired) electrons. The van der Waals surface area contributed by atoms with Crippen LogP contribution in [0.15, 0.2) is 0 Å². The summed E-state index contributed by atoms with van der Waals surface area (Å²) in [5.41, 5.74) is 0.119. The molecular weight excluding hydrogens is 357 g/mol. The number of urea groups is 1. The van der Waals surface area contributed by atoms with Gasteiger partial charge in [0.1, 0.15) is 0 Å². The van der Waals surface area contributed by atoms with Gasteiger partial charge in [0, 0.05) is 36.8 Å². The van der Waals surface area contributed by atoms with Crippen molar-refractivity contribution in [2.75, 3.05) is 26.2 Å². The quantitative estimate of drug-likeness (QED) is 0.779. The summed E-state index contributed by atoms with van der Waals surface area (Å²) in [5, 5.41) is 6.09. The number of nitrogens with zero attached hydrogens (tertiary/aromatic N) is 2. The van der Waals surface area contributed by atoms with Crippen LogP contribution in [0.3, 0.4) is 0 Å². The Balaban J connectivity index is 1.32. The van der Waals surface area contributed by atoms with Gasteiger partial charge in [0.05, 0.1) is 5.92 Å². The molecule has 1 saturated carbocycles. The lowest BCUT2D eigenvalue weighted by Crippen LogP contribution is -2.58. The fraction of sp³-hybridized carbons (Fsp3) is 0.947. The number of carbonyl (C=O) groups is 1. The van der Waals surface area contributed by atoms with Crippen LogP contribution in [0.4, 0.5) is 18.0 Å². The van der Waals surface area contributed by atoms with Gasteiger partial charge in [-0.25, -0.2) is 4.79 Å². The molecular formula is C19H33F3N4O. The molecule has 2 N–H and O–H groups in total. The molecule has 27 heavy (non-hydrogen) atoms. The molecule has 0 aromatic heterocycles. The highest BCUT2D eigenvalue weighted by Crippen LogP contribution is 2.36. The predicted molar refractivity (Wildman–Crippen MR) is 98.6 cm³/mol. The first-order valence-electron chi connectivity index (χ1n) is 10.1. The van der Waals surface area contributed by atoms with E-state index in [4.69, 9.17) is 0 Å². The van der Waals surface area contributed by atoms with Crippen molar-refractivity contribution in [3.8, 4) is 0 Å². The van der Waals surface area contributed by atoms with E-state index in [0.29, 0.717) is 19.1 Å². The molecule has 1 aliphatic carbocycles. The second-order valence-corrected chi connectivity index (χ2v) is 9.39. The number of piperidine rings is 1. The summed E-state index contributed by atoms with van der Waals surface area (Å²) in [6, 6.07) is 0.513. The molecule has 2 amide bonds. The highest BCUT2D eigenvalue weighted by molar-refractivity contribution is 5.74. The topological polar surface area (TPSA) is 47.6 Å². The molecule has 0 aromatic carbocycles. The monoisotopic (exact) mass is 390 g/mol. The number of nitrogens with one attached hydrogen (secondary N) is 2. The zero-order valence-corrected chi connectivity index (χ0v) is 16.6. The molecule has 8 heteroatoms. The molecule has 2 saturated heterocycles. The maximum absolute atomic E-state index is 12.8. The van der Waals surface area contributed by atoms with Gasteiger partial charge in [-0.1, -0.05) is 0 Å². The summed E-state index contributed by atoms with van der Waals surface area (Å²) in [5.74, 6) is -1.15. The maximum atomic E-state index is 12.8.